The Morgan fingerprint density at radius 2 is 2.00 bits per heavy atom. The van der Waals surface area contributed by atoms with Crippen LogP contribution in [0.2, 0.25) is 0 Å². The van der Waals surface area contributed by atoms with Gasteiger partial charge in [-0.05, 0) is 94.0 Å². The van der Waals surface area contributed by atoms with E-state index in [-0.39, 0.29) is 28.6 Å². The Morgan fingerprint density at radius 3 is 2.68 bits per heavy atom. The molecule has 5 heteroatoms. The molecule has 0 heterocycles. The quantitative estimate of drug-likeness (QED) is 0.273. The van der Waals surface area contributed by atoms with Gasteiger partial charge in [-0.2, -0.15) is 0 Å². The lowest BCUT2D eigenvalue weighted by molar-refractivity contribution is -0.146. The molecule has 0 aromatic heterocycles. The number of hydrogen-bond acceptors (Lipinski definition) is 4. The number of aliphatic hydroxyl groups is 1. The fourth-order valence-electron chi connectivity index (χ4n) is 6.78. The van der Waals surface area contributed by atoms with E-state index in [1.807, 2.05) is 0 Å². The first-order valence-corrected chi connectivity index (χ1v) is 14.2. The molecular formula is C29H43BrO4. The van der Waals surface area contributed by atoms with Gasteiger partial charge >= 0.3 is 5.97 Å². The van der Waals surface area contributed by atoms with Crippen LogP contribution >= 0.6 is 15.9 Å². The molecule has 1 N–H and O–H groups in total. The normalized spacial score (nSPS) is 33.1. The number of carbonyl (C=O) groups is 2. The van der Waals surface area contributed by atoms with Crippen molar-refractivity contribution < 1.29 is 19.4 Å². The molecule has 0 saturated heterocycles. The summed E-state index contributed by atoms with van der Waals surface area (Å²) >= 11 is 3.18. The fraction of sp³-hybridized carbons (Fsp3) is 0.724. The summed E-state index contributed by atoms with van der Waals surface area (Å²) in [7, 11) is 0. The van der Waals surface area contributed by atoms with Crippen LogP contribution in [-0.2, 0) is 14.3 Å². The summed E-state index contributed by atoms with van der Waals surface area (Å²) in [6.07, 6.45) is 14.4. The predicted octanol–water partition coefficient (Wildman–Crippen LogP) is 6.86. The molecule has 0 aromatic carbocycles. The van der Waals surface area contributed by atoms with E-state index in [4.69, 9.17) is 4.74 Å². The van der Waals surface area contributed by atoms with E-state index in [9.17, 15) is 14.7 Å². The average molecular weight is 536 g/mol. The smallest absolute Gasteiger partial charge is 0.316 e. The molecule has 3 fully saturated rings. The molecule has 4 nitrogen and oxygen atoms in total. The largest absolute Gasteiger partial charge is 0.461 e. The van der Waals surface area contributed by atoms with Crippen LogP contribution in [-0.4, -0.2) is 33.9 Å². The van der Waals surface area contributed by atoms with Crippen molar-refractivity contribution in [1.82, 2.24) is 0 Å². The predicted molar refractivity (Wildman–Crippen MR) is 141 cm³/mol. The van der Waals surface area contributed by atoms with Crippen LogP contribution in [0.15, 0.2) is 35.5 Å². The third-order valence-electron chi connectivity index (χ3n) is 8.81. The minimum atomic E-state index is -1.23. The lowest BCUT2D eigenvalue weighted by Crippen LogP contribution is -2.36. The number of Topliss-reactive ketones (excluding diaryl/α,β-unsaturated/α-hetero) is 1. The zero-order chi connectivity index (χ0) is 25.1. The maximum Gasteiger partial charge on any atom is 0.316 e. The highest BCUT2D eigenvalue weighted by molar-refractivity contribution is 9.09. The lowest BCUT2D eigenvalue weighted by atomic mass is 9.60. The second kappa shape index (κ2) is 11.2. The van der Waals surface area contributed by atoms with Crippen LogP contribution in [0, 0.1) is 23.2 Å². The van der Waals surface area contributed by atoms with Gasteiger partial charge in [-0.3, -0.25) is 9.59 Å². The van der Waals surface area contributed by atoms with Crippen molar-refractivity contribution in [2.24, 2.45) is 23.2 Å². The highest BCUT2D eigenvalue weighted by Crippen LogP contribution is 2.59. The van der Waals surface area contributed by atoms with Crippen LogP contribution < -0.4 is 0 Å². The van der Waals surface area contributed by atoms with Gasteiger partial charge in [0.15, 0.2) is 5.78 Å². The Morgan fingerprint density at radius 1 is 1.26 bits per heavy atom. The zero-order valence-corrected chi connectivity index (χ0v) is 23.1. The molecule has 0 aromatic rings. The summed E-state index contributed by atoms with van der Waals surface area (Å²) in [5.41, 5.74) is 2.97. The number of halogens is 1. The fourth-order valence-corrected chi connectivity index (χ4v) is 6.91. The third kappa shape index (κ3) is 6.32. The van der Waals surface area contributed by atoms with Gasteiger partial charge in [0.05, 0.1) is 0 Å². The lowest BCUT2D eigenvalue weighted by Gasteiger charge is -2.44. The maximum atomic E-state index is 12.3. The van der Waals surface area contributed by atoms with E-state index in [2.05, 4.69) is 48.5 Å². The van der Waals surface area contributed by atoms with E-state index in [0.717, 1.165) is 37.7 Å². The molecule has 0 amide bonds. The molecule has 3 aliphatic rings. The molecule has 3 saturated carbocycles. The van der Waals surface area contributed by atoms with Crippen LogP contribution in [0.5, 0.6) is 0 Å². The molecule has 0 bridgehead atoms. The first kappa shape index (κ1) is 27.4. The SMILES string of the molecule is C=C1CC[C@H](OC(=O)CBr)C/C1=C/C=C1\CCCC2(C)C1CC[C@@H]2[C@@H](C)CCC(=O)C(C)(C)O. The van der Waals surface area contributed by atoms with Crippen molar-refractivity contribution >= 4 is 27.7 Å². The number of hydrogen-bond donors (Lipinski definition) is 1. The van der Waals surface area contributed by atoms with E-state index >= 15 is 0 Å². The molecule has 34 heavy (non-hydrogen) atoms. The summed E-state index contributed by atoms with van der Waals surface area (Å²) in [4.78, 5) is 24.0. The summed E-state index contributed by atoms with van der Waals surface area (Å²) in [6.45, 7) is 12.2. The van der Waals surface area contributed by atoms with Gasteiger partial charge in [0.25, 0.3) is 0 Å². The van der Waals surface area contributed by atoms with Gasteiger partial charge in [-0.25, -0.2) is 0 Å². The van der Waals surface area contributed by atoms with Gasteiger partial charge in [-0.1, -0.05) is 59.7 Å². The number of ketones is 1. The minimum absolute atomic E-state index is 0.0530. The topological polar surface area (TPSA) is 63.6 Å². The van der Waals surface area contributed by atoms with Crippen molar-refractivity contribution in [3.63, 3.8) is 0 Å². The van der Waals surface area contributed by atoms with Crippen molar-refractivity contribution in [3.05, 3.63) is 35.5 Å². The van der Waals surface area contributed by atoms with Crippen molar-refractivity contribution in [2.45, 2.75) is 104 Å². The first-order valence-electron chi connectivity index (χ1n) is 13.0. The van der Waals surface area contributed by atoms with E-state index in [0.29, 0.717) is 24.2 Å². The average Bonchev–Trinajstić information content (AvgIpc) is 3.14. The van der Waals surface area contributed by atoms with Gasteiger partial charge in [0.1, 0.15) is 17.0 Å². The maximum absolute atomic E-state index is 12.3. The molecule has 3 rings (SSSR count). The molecule has 0 radical (unpaired) electrons. The third-order valence-corrected chi connectivity index (χ3v) is 9.27. The summed E-state index contributed by atoms with van der Waals surface area (Å²) in [5, 5.41) is 10.2. The molecule has 2 unspecified atom stereocenters. The van der Waals surface area contributed by atoms with Crippen LogP contribution in [0.3, 0.4) is 0 Å². The van der Waals surface area contributed by atoms with Gasteiger partial charge in [-0.15, -0.1) is 0 Å². The second-order valence-corrected chi connectivity index (χ2v) is 12.2. The summed E-state index contributed by atoms with van der Waals surface area (Å²) < 4.78 is 5.57. The Hall–Kier alpha value is -1.20. The van der Waals surface area contributed by atoms with Crippen LogP contribution in [0.4, 0.5) is 0 Å². The molecule has 0 aliphatic heterocycles. The number of rotatable bonds is 8. The van der Waals surface area contributed by atoms with Gasteiger partial charge in [0, 0.05) is 12.8 Å². The number of fused-ring (bicyclic) bond motifs is 1. The number of alkyl halides is 1. The Balaban J connectivity index is 1.69. The van der Waals surface area contributed by atoms with Crippen LogP contribution in [0.25, 0.3) is 0 Å². The molecular weight excluding hydrogens is 492 g/mol. The number of carbonyl (C=O) groups excluding carboxylic acids is 2. The Kier molecular flexibility index (Phi) is 9.06. The van der Waals surface area contributed by atoms with Crippen LogP contribution in [0.1, 0.15) is 91.9 Å². The number of esters is 1. The van der Waals surface area contributed by atoms with E-state index in [1.165, 1.54) is 31.3 Å². The summed E-state index contributed by atoms with van der Waals surface area (Å²) in [5.74, 6) is 1.42. The van der Waals surface area contributed by atoms with Gasteiger partial charge < -0.3 is 9.84 Å². The van der Waals surface area contributed by atoms with E-state index in [1.54, 1.807) is 19.4 Å². The highest BCUT2D eigenvalue weighted by atomic mass is 79.9. The first-order chi connectivity index (χ1) is 16.0. The summed E-state index contributed by atoms with van der Waals surface area (Å²) in [6, 6.07) is 0. The number of ether oxygens (including phenoxy) is 1. The number of allylic oxidation sites excluding steroid dienone is 4. The highest BCUT2D eigenvalue weighted by Gasteiger charge is 2.50. The molecule has 5 atom stereocenters. The molecule has 190 valence electrons. The minimum Gasteiger partial charge on any atom is -0.461 e. The van der Waals surface area contributed by atoms with Crippen molar-refractivity contribution in [2.75, 3.05) is 5.33 Å². The Labute approximate surface area is 214 Å². The van der Waals surface area contributed by atoms with E-state index < -0.39 is 5.60 Å². The zero-order valence-electron chi connectivity index (χ0n) is 21.5. The monoisotopic (exact) mass is 534 g/mol. The van der Waals surface area contributed by atoms with Crippen molar-refractivity contribution in [1.29, 1.82) is 0 Å². The standard InChI is InChI=1S/C29H43BrO4/c1-19-8-12-23(34-27(32)18-30)17-22(19)11-10-21-7-6-16-29(5)24(13-14-25(21)29)20(2)9-15-26(31)28(3,4)33/h10-11,20,23-25,33H,1,6-9,12-18H2,2-5H3/b21-10+,22-11-/t20-,23-,24+,25?,29?/m0/s1. The van der Waals surface area contributed by atoms with Gasteiger partial charge in [0.2, 0.25) is 0 Å². The second-order valence-electron chi connectivity index (χ2n) is 11.6. The molecule has 3 aliphatic carbocycles. The Bertz CT molecular complexity index is 849. The molecule has 0 spiro atoms. The van der Waals surface area contributed by atoms with Crippen molar-refractivity contribution in [3.8, 4) is 0 Å².